The second-order valence-corrected chi connectivity index (χ2v) is 7.61. The van der Waals surface area contributed by atoms with E-state index in [0.717, 1.165) is 16.8 Å². The molecule has 8 heteroatoms. The summed E-state index contributed by atoms with van der Waals surface area (Å²) in [4.78, 5) is 24.2. The number of hydrogen-bond acceptors (Lipinski definition) is 5. The maximum absolute atomic E-state index is 14.3. The SMILES string of the molecule is Cc1nc(NC[C@]2(c3ncccc3F)C[C@H](F)C2)ncc1-c1ccc(C(N)=O)cc1. The number of rotatable bonds is 6. The van der Waals surface area contributed by atoms with Gasteiger partial charge in [-0.05, 0) is 49.6 Å². The summed E-state index contributed by atoms with van der Waals surface area (Å²) in [5, 5.41) is 3.12. The topological polar surface area (TPSA) is 93.8 Å². The van der Waals surface area contributed by atoms with Gasteiger partial charge < -0.3 is 11.1 Å². The van der Waals surface area contributed by atoms with Crippen LogP contribution in [0, 0.1) is 12.7 Å². The van der Waals surface area contributed by atoms with E-state index in [4.69, 9.17) is 5.73 Å². The lowest BCUT2D eigenvalue weighted by molar-refractivity contribution is 0.0963. The Hall–Kier alpha value is -3.42. The summed E-state index contributed by atoms with van der Waals surface area (Å²) in [5.74, 6) is -0.542. The quantitative estimate of drug-likeness (QED) is 0.649. The molecule has 1 aliphatic rings. The highest BCUT2D eigenvalue weighted by atomic mass is 19.1. The van der Waals surface area contributed by atoms with E-state index >= 15 is 0 Å². The molecule has 1 saturated carbocycles. The van der Waals surface area contributed by atoms with Crippen LogP contribution >= 0.6 is 0 Å². The average molecular weight is 409 g/mol. The van der Waals surface area contributed by atoms with E-state index in [0.29, 0.717) is 11.5 Å². The number of carbonyl (C=O) groups is 1. The molecule has 0 saturated heterocycles. The van der Waals surface area contributed by atoms with Crippen LogP contribution < -0.4 is 11.1 Å². The second kappa shape index (κ2) is 7.78. The van der Waals surface area contributed by atoms with Crippen LogP contribution in [0.15, 0.2) is 48.8 Å². The Balaban J connectivity index is 1.52. The summed E-state index contributed by atoms with van der Waals surface area (Å²) >= 11 is 0. The van der Waals surface area contributed by atoms with Gasteiger partial charge in [0.2, 0.25) is 11.9 Å². The number of primary amides is 1. The van der Waals surface area contributed by atoms with Crippen molar-refractivity contribution >= 4 is 11.9 Å². The zero-order chi connectivity index (χ0) is 21.3. The van der Waals surface area contributed by atoms with Crippen molar-refractivity contribution in [2.24, 2.45) is 5.73 Å². The number of hydrogen-bond donors (Lipinski definition) is 2. The van der Waals surface area contributed by atoms with Crippen molar-refractivity contribution < 1.29 is 13.6 Å². The Bertz CT molecular complexity index is 1080. The van der Waals surface area contributed by atoms with Gasteiger partial charge in [0, 0.05) is 35.5 Å². The molecule has 1 aromatic carbocycles. The van der Waals surface area contributed by atoms with Crippen LogP contribution in [0.4, 0.5) is 14.7 Å². The summed E-state index contributed by atoms with van der Waals surface area (Å²) in [6.45, 7) is 2.13. The van der Waals surface area contributed by atoms with Crippen molar-refractivity contribution in [3.8, 4) is 11.1 Å². The normalized spacial score (nSPS) is 20.4. The van der Waals surface area contributed by atoms with E-state index in [9.17, 15) is 13.6 Å². The molecule has 2 heterocycles. The number of anilines is 1. The Morgan fingerprint density at radius 2 is 1.97 bits per heavy atom. The molecule has 154 valence electrons. The van der Waals surface area contributed by atoms with Crippen molar-refractivity contribution in [3.05, 3.63) is 71.6 Å². The first-order chi connectivity index (χ1) is 14.4. The Morgan fingerprint density at radius 1 is 1.23 bits per heavy atom. The largest absolute Gasteiger partial charge is 0.366 e. The van der Waals surface area contributed by atoms with Crippen LogP contribution in [0.25, 0.3) is 11.1 Å². The minimum Gasteiger partial charge on any atom is -0.366 e. The van der Waals surface area contributed by atoms with Gasteiger partial charge in [0.05, 0.1) is 11.4 Å². The molecule has 1 amide bonds. The Kier molecular flexibility index (Phi) is 5.15. The van der Waals surface area contributed by atoms with Crippen LogP contribution in [-0.2, 0) is 5.41 Å². The fraction of sp³-hybridized carbons (Fsp3) is 0.273. The standard InChI is InChI=1S/C22H21F2N5O/c1-13-17(14-4-6-15(7-5-14)20(25)30)11-27-21(29-13)28-12-22(9-16(23)10-22)19-18(24)3-2-8-26-19/h2-8,11,16H,9-10,12H2,1H3,(H2,25,30)(H,27,28,29)/t16-,22-. The molecule has 0 spiro atoms. The molecule has 0 atom stereocenters. The van der Waals surface area contributed by atoms with Gasteiger partial charge in [-0.3, -0.25) is 9.78 Å². The molecule has 4 rings (SSSR count). The number of aromatic nitrogens is 3. The van der Waals surface area contributed by atoms with E-state index in [1.807, 2.05) is 6.92 Å². The fourth-order valence-electron chi connectivity index (χ4n) is 3.88. The van der Waals surface area contributed by atoms with Crippen LogP contribution in [0.3, 0.4) is 0 Å². The lowest BCUT2D eigenvalue weighted by Gasteiger charge is -2.43. The van der Waals surface area contributed by atoms with Crippen LogP contribution in [0.5, 0.6) is 0 Å². The second-order valence-electron chi connectivity index (χ2n) is 7.61. The van der Waals surface area contributed by atoms with Crippen molar-refractivity contribution in [2.45, 2.75) is 31.4 Å². The van der Waals surface area contributed by atoms with Crippen LogP contribution in [0.1, 0.15) is 34.6 Å². The van der Waals surface area contributed by atoms with Crippen LogP contribution in [0.2, 0.25) is 0 Å². The van der Waals surface area contributed by atoms with Gasteiger partial charge in [-0.15, -0.1) is 0 Å². The predicted molar refractivity (Wildman–Crippen MR) is 109 cm³/mol. The third kappa shape index (κ3) is 3.72. The molecular formula is C22H21F2N5O. The molecule has 30 heavy (non-hydrogen) atoms. The van der Waals surface area contributed by atoms with E-state index in [2.05, 4.69) is 20.3 Å². The minimum absolute atomic E-state index is 0.206. The van der Waals surface area contributed by atoms with Crippen molar-refractivity contribution in [1.82, 2.24) is 15.0 Å². The highest BCUT2D eigenvalue weighted by molar-refractivity contribution is 5.93. The number of halogens is 2. The summed E-state index contributed by atoms with van der Waals surface area (Å²) in [7, 11) is 0. The number of amides is 1. The lowest BCUT2D eigenvalue weighted by Crippen LogP contribution is -2.49. The number of nitrogens with one attached hydrogen (secondary N) is 1. The first-order valence-electron chi connectivity index (χ1n) is 9.61. The molecule has 2 aromatic heterocycles. The smallest absolute Gasteiger partial charge is 0.248 e. The van der Waals surface area contributed by atoms with E-state index < -0.39 is 23.3 Å². The molecule has 3 N–H and O–H groups in total. The van der Waals surface area contributed by atoms with Gasteiger partial charge in [-0.2, -0.15) is 0 Å². The number of benzene rings is 1. The number of pyridine rings is 1. The van der Waals surface area contributed by atoms with E-state index in [-0.39, 0.29) is 25.1 Å². The predicted octanol–water partition coefficient (Wildman–Crippen LogP) is 3.57. The Labute approximate surface area is 172 Å². The first kappa shape index (κ1) is 19.9. The zero-order valence-corrected chi connectivity index (χ0v) is 16.4. The summed E-state index contributed by atoms with van der Waals surface area (Å²) < 4.78 is 28.0. The highest BCUT2D eigenvalue weighted by Crippen LogP contribution is 2.45. The molecule has 0 bridgehead atoms. The molecule has 0 radical (unpaired) electrons. The van der Waals surface area contributed by atoms with Gasteiger partial charge in [-0.25, -0.2) is 18.7 Å². The average Bonchev–Trinajstić information content (AvgIpc) is 2.71. The fourth-order valence-corrected chi connectivity index (χ4v) is 3.88. The van der Waals surface area contributed by atoms with Gasteiger partial charge >= 0.3 is 0 Å². The minimum atomic E-state index is -0.971. The van der Waals surface area contributed by atoms with Gasteiger partial charge in [-0.1, -0.05) is 12.1 Å². The number of alkyl halides is 1. The van der Waals surface area contributed by atoms with Crippen molar-refractivity contribution in [1.29, 1.82) is 0 Å². The molecular weight excluding hydrogens is 388 g/mol. The number of nitrogens with two attached hydrogens (primary N) is 1. The first-order valence-corrected chi connectivity index (χ1v) is 9.61. The van der Waals surface area contributed by atoms with Crippen LogP contribution in [-0.4, -0.2) is 33.6 Å². The molecule has 3 aromatic rings. The van der Waals surface area contributed by atoms with E-state index in [1.54, 1.807) is 30.5 Å². The Morgan fingerprint density at radius 3 is 2.57 bits per heavy atom. The molecule has 1 aliphatic carbocycles. The van der Waals surface area contributed by atoms with E-state index in [1.165, 1.54) is 18.3 Å². The maximum Gasteiger partial charge on any atom is 0.248 e. The number of carbonyl (C=O) groups excluding carboxylic acids is 1. The molecule has 6 nitrogen and oxygen atoms in total. The summed E-state index contributed by atoms with van der Waals surface area (Å²) in [5.41, 5.74) is 7.66. The zero-order valence-electron chi connectivity index (χ0n) is 16.4. The number of aryl methyl sites for hydroxylation is 1. The number of nitrogens with zero attached hydrogens (tertiary/aromatic N) is 3. The summed E-state index contributed by atoms with van der Waals surface area (Å²) in [6, 6.07) is 9.74. The van der Waals surface area contributed by atoms with Crippen molar-refractivity contribution in [2.75, 3.05) is 11.9 Å². The maximum atomic E-state index is 14.3. The van der Waals surface area contributed by atoms with Gasteiger partial charge in [0.15, 0.2) is 0 Å². The summed E-state index contributed by atoms with van der Waals surface area (Å²) in [6.07, 6.45) is 2.64. The molecule has 0 aliphatic heterocycles. The third-order valence-electron chi connectivity index (χ3n) is 5.53. The lowest BCUT2D eigenvalue weighted by atomic mass is 9.65. The van der Waals surface area contributed by atoms with Gasteiger partial charge in [0.1, 0.15) is 12.0 Å². The third-order valence-corrected chi connectivity index (χ3v) is 5.53. The molecule has 1 fully saturated rings. The highest BCUT2D eigenvalue weighted by Gasteiger charge is 2.48. The molecule has 0 unspecified atom stereocenters. The monoisotopic (exact) mass is 409 g/mol. The van der Waals surface area contributed by atoms with Gasteiger partial charge in [0.25, 0.3) is 0 Å². The van der Waals surface area contributed by atoms with Crippen molar-refractivity contribution in [3.63, 3.8) is 0 Å².